The minimum absolute atomic E-state index is 0.287. The van der Waals surface area contributed by atoms with Gasteiger partial charge in [-0.15, -0.1) is 0 Å². The van der Waals surface area contributed by atoms with Crippen molar-refractivity contribution >= 4 is 11.9 Å². The van der Waals surface area contributed by atoms with E-state index in [1.54, 1.807) is 18.7 Å². The number of nitrogens with zero attached hydrogens (tertiary/aromatic N) is 2. The zero-order valence-corrected chi connectivity index (χ0v) is 11.4. The SMILES string of the molecule is Cc1c(C(=O)OCC(=O)NC(C)(C)C)cnn1C. The molecule has 0 aliphatic heterocycles. The molecule has 18 heavy (non-hydrogen) atoms. The van der Waals surface area contributed by atoms with Crippen molar-refractivity contribution < 1.29 is 14.3 Å². The highest BCUT2D eigenvalue weighted by atomic mass is 16.5. The number of hydrogen-bond donors (Lipinski definition) is 1. The third kappa shape index (κ3) is 3.87. The molecule has 0 aliphatic rings. The van der Waals surface area contributed by atoms with Crippen LogP contribution in [0.5, 0.6) is 0 Å². The second-order valence-electron chi connectivity index (χ2n) is 5.14. The van der Waals surface area contributed by atoms with E-state index in [0.29, 0.717) is 11.3 Å². The van der Waals surface area contributed by atoms with Gasteiger partial charge in [-0.05, 0) is 27.7 Å². The van der Waals surface area contributed by atoms with E-state index in [4.69, 9.17) is 4.74 Å². The van der Waals surface area contributed by atoms with Gasteiger partial charge in [0.15, 0.2) is 6.61 Å². The maximum absolute atomic E-state index is 11.7. The first kappa shape index (κ1) is 14.2. The van der Waals surface area contributed by atoms with Crippen molar-refractivity contribution in [1.29, 1.82) is 0 Å². The van der Waals surface area contributed by atoms with Gasteiger partial charge >= 0.3 is 5.97 Å². The molecule has 0 aliphatic carbocycles. The van der Waals surface area contributed by atoms with Crippen molar-refractivity contribution in [3.8, 4) is 0 Å². The van der Waals surface area contributed by atoms with Gasteiger partial charge in [0, 0.05) is 18.3 Å². The molecule has 1 aromatic rings. The number of esters is 1. The van der Waals surface area contributed by atoms with Crippen molar-refractivity contribution in [2.75, 3.05) is 6.61 Å². The molecule has 0 saturated heterocycles. The summed E-state index contributed by atoms with van der Waals surface area (Å²) in [7, 11) is 1.73. The molecule has 0 unspecified atom stereocenters. The molecular weight excluding hydrogens is 234 g/mol. The summed E-state index contributed by atoms with van der Waals surface area (Å²) in [4.78, 5) is 23.2. The van der Waals surface area contributed by atoms with E-state index < -0.39 is 5.97 Å². The van der Waals surface area contributed by atoms with E-state index >= 15 is 0 Å². The Balaban J connectivity index is 2.52. The normalized spacial score (nSPS) is 11.2. The summed E-state index contributed by atoms with van der Waals surface area (Å²) in [6.07, 6.45) is 1.43. The van der Waals surface area contributed by atoms with E-state index in [2.05, 4.69) is 10.4 Å². The molecule has 1 rings (SSSR count). The molecule has 0 spiro atoms. The van der Waals surface area contributed by atoms with Gasteiger partial charge in [-0.1, -0.05) is 0 Å². The number of aromatic nitrogens is 2. The first-order valence-electron chi connectivity index (χ1n) is 5.67. The average Bonchev–Trinajstić information content (AvgIpc) is 2.54. The molecule has 6 nitrogen and oxygen atoms in total. The number of carbonyl (C=O) groups excluding carboxylic acids is 2. The highest BCUT2D eigenvalue weighted by molar-refractivity contribution is 5.92. The Morgan fingerprint density at radius 2 is 2.06 bits per heavy atom. The van der Waals surface area contributed by atoms with Gasteiger partial charge in [-0.25, -0.2) is 4.79 Å². The highest BCUT2D eigenvalue weighted by Crippen LogP contribution is 2.07. The predicted octanol–water partition coefficient (Wildman–Crippen LogP) is 0.800. The fraction of sp³-hybridized carbons (Fsp3) is 0.583. The lowest BCUT2D eigenvalue weighted by atomic mass is 10.1. The fourth-order valence-electron chi connectivity index (χ4n) is 1.36. The van der Waals surface area contributed by atoms with Crippen molar-refractivity contribution in [2.45, 2.75) is 33.2 Å². The van der Waals surface area contributed by atoms with Crippen LogP contribution in [0.25, 0.3) is 0 Å². The summed E-state index contributed by atoms with van der Waals surface area (Å²) in [5, 5.41) is 6.65. The number of carbonyl (C=O) groups is 2. The molecule has 0 aromatic carbocycles. The van der Waals surface area contributed by atoms with Crippen LogP contribution >= 0.6 is 0 Å². The van der Waals surface area contributed by atoms with E-state index in [1.807, 2.05) is 20.8 Å². The minimum Gasteiger partial charge on any atom is -0.452 e. The zero-order chi connectivity index (χ0) is 13.9. The van der Waals surface area contributed by atoms with Gasteiger partial charge in [0.05, 0.1) is 6.20 Å². The Morgan fingerprint density at radius 3 is 2.50 bits per heavy atom. The lowest BCUT2D eigenvalue weighted by Gasteiger charge is -2.20. The number of amides is 1. The molecule has 100 valence electrons. The van der Waals surface area contributed by atoms with E-state index in [0.717, 1.165) is 0 Å². The Morgan fingerprint density at radius 1 is 1.44 bits per heavy atom. The summed E-state index contributed by atoms with van der Waals surface area (Å²) in [6.45, 7) is 7.05. The van der Waals surface area contributed by atoms with Crippen LogP contribution in [-0.4, -0.2) is 33.8 Å². The van der Waals surface area contributed by atoms with Gasteiger partial charge in [-0.3, -0.25) is 9.48 Å². The second-order valence-corrected chi connectivity index (χ2v) is 5.14. The fourth-order valence-corrected chi connectivity index (χ4v) is 1.36. The molecule has 0 fully saturated rings. The Kier molecular flexibility index (Phi) is 4.11. The summed E-state index contributed by atoms with van der Waals surface area (Å²) in [6, 6.07) is 0. The summed E-state index contributed by atoms with van der Waals surface area (Å²) < 4.78 is 6.50. The molecule has 1 N–H and O–H groups in total. The first-order chi connectivity index (χ1) is 8.20. The van der Waals surface area contributed by atoms with Gasteiger partial charge in [0.1, 0.15) is 5.56 Å². The number of ether oxygens (including phenoxy) is 1. The van der Waals surface area contributed by atoms with Crippen LogP contribution in [0.15, 0.2) is 6.20 Å². The third-order valence-corrected chi connectivity index (χ3v) is 2.30. The molecule has 0 saturated carbocycles. The van der Waals surface area contributed by atoms with Crippen LogP contribution in [0.3, 0.4) is 0 Å². The maximum Gasteiger partial charge on any atom is 0.342 e. The maximum atomic E-state index is 11.7. The van der Waals surface area contributed by atoms with E-state index in [9.17, 15) is 9.59 Å². The van der Waals surface area contributed by atoms with Crippen molar-refractivity contribution in [1.82, 2.24) is 15.1 Å². The molecular formula is C12H19N3O3. The van der Waals surface area contributed by atoms with Crippen molar-refractivity contribution in [3.63, 3.8) is 0 Å². The van der Waals surface area contributed by atoms with Gasteiger partial charge in [0.25, 0.3) is 5.91 Å². The summed E-state index contributed by atoms with van der Waals surface area (Å²) in [5.41, 5.74) is 0.741. The van der Waals surface area contributed by atoms with Crippen molar-refractivity contribution in [3.05, 3.63) is 17.5 Å². The molecule has 6 heteroatoms. The lowest BCUT2D eigenvalue weighted by molar-refractivity contribution is -0.125. The van der Waals surface area contributed by atoms with E-state index in [1.165, 1.54) is 6.20 Å². The quantitative estimate of drug-likeness (QED) is 0.809. The molecule has 0 atom stereocenters. The topological polar surface area (TPSA) is 73.2 Å². The van der Waals surface area contributed by atoms with Gasteiger partial charge < -0.3 is 10.1 Å². The lowest BCUT2D eigenvalue weighted by Crippen LogP contribution is -2.42. The average molecular weight is 253 g/mol. The molecule has 1 amide bonds. The zero-order valence-electron chi connectivity index (χ0n) is 11.4. The number of hydrogen-bond acceptors (Lipinski definition) is 4. The standard InChI is InChI=1S/C12H19N3O3/c1-8-9(6-13-15(8)5)11(17)18-7-10(16)14-12(2,3)4/h6H,7H2,1-5H3,(H,14,16). The highest BCUT2D eigenvalue weighted by Gasteiger charge is 2.18. The van der Waals surface area contributed by atoms with Crippen LogP contribution in [-0.2, 0) is 16.6 Å². The third-order valence-electron chi connectivity index (χ3n) is 2.30. The largest absolute Gasteiger partial charge is 0.452 e. The van der Waals surface area contributed by atoms with Crippen LogP contribution in [0.1, 0.15) is 36.8 Å². The minimum atomic E-state index is -0.537. The summed E-state index contributed by atoms with van der Waals surface area (Å²) >= 11 is 0. The van der Waals surface area contributed by atoms with Gasteiger partial charge in [0.2, 0.25) is 0 Å². The molecule has 0 bridgehead atoms. The molecule has 1 aromatic heterocycles. The molecule has 1 heterocycles. The Bertz CT molecular complexity index is 458. The monoisotopic (exact) mass is 253 g/mol. The summed E-state index contributed by atoms with van der Waals surface area (Å²) in [5.74, 6) is -0.859. The first-order valence-corrected chi connectivity index (χ1v) is 5.67. The van der Waals surface area contributed by atoms with Crippen molar-refractivity contribution in [2.24, 2.45) is 7.05 Å². The Labute approximate surface area is 106 Å². The molecule has 0 radical (unpaired) electrons. The Hall–Kier alpha value is -1.85. The smallest absolute Gasteiger partial charge is 0.342 e. The van der Waals surface area contributed by atoms with Crippen LogP contribution in [0.4, 0.5) is 0 Å². The number of nitrogens with one attached hydrogen (secondary N) is 1. The number of aryl methyl sites for hydroxylation is 1. The van der Waals surface area contributed by atoms with Gasteiger partial charge in [-0.2, -0.15) is 5.10 Å². The second kappa shape index (κ2) is 5.20. The van der Waals surface area contributed by atoms with Crippen LogP contribution in [0, 0.1) is 6.92 Å². The predicted molar refractivity (Wildman–Crippen MR) is 66.1 cm³/mol. The number of rotatable bonds is 3. The van der Waals surface area contributed by atoms with Crippen LogP contribution < -0.4 is 5.32 Å². The van der Waals surface area contributed by atoms with Crippen LogP contribution in [0.2, 0.25) is 0 Å². The van der Waals surface area contributed by atoms with E-state index in [-0.39, 0.29) is 18.1 Å².